The van der Waals surface area contributed by atoms with Crippen LogP contribution in [-0.4, -0.2) is 31.0 Å². The van der Waals surface area contributed by atoms with Crippen LogP contribution in [0.4, 0.5) is 0 Å². The highest BCUT2D eigenvalue weighted by Crippen LogP contribution is 2.19. The van der Waals surface area contributed by atoms with Gasteiger partial charge in [0, 0.05) is 6.61 Å². The Balaban J connectivity index is 2.28. The Morgan fingerprint density at radius 2 is 1.68 bits per heavy atom. The van der Waals surface area contributed by atoms with Crippen LogP contribution >= 0.6 is 0 Å². The molecule has 0 aromatic heterocycles. The van der Waals surface area contributed by atoms with Crippen molar-refractivity contribution in [3.05, 3.63) is 35.4 Å². The van der Waals surface area contributed by atoms with E-state index >= 15 is 0 Å². The third-order valence-electron chi connectivity index (χ3n) is 2.92. The van der Waals surface area contributed by atoms with Gasteiger partial charge in [0.2, 0.25) is 0 Å². The maximum Gasteiger partial charge on any atom is 0.105 e. The van der Waals surface area contributed by atoms with Crippen molar-refractivity contribution in [1.29, 1.82) is 0 Å². The van der Waals surface area contributed by atoms with Crippen LogP contribution in [0.25, 0.3) is 0 Å². The second-order valence-electron chi connectivity index (χ2n) is 5.40. The molecule has 0 fully saturated rings. The largest absolute Gasteiger partial charge is 0.386 e. The van der Waals surface area contributed by atoms with E-state index in [0.29, 0.717) is 19.1 Å². The summed E-state index contributed by atoms with van der Waals surface area (Å²) in [5.41, 5.74) is 2.08. The molecule has 1 aromatic rings. The standard InChI is InChI=1S/C16H26O3/c1-12(2)11-18-9-10-19-14(4)16(17)15-7-5-13(3)6-8-15/h5-8,12,14,16-17H,9-11H2,1-4H3. The quantitative estimate of drug-likeness (QED) is 0.735. The molecule has 2 unspecified atom stereocenters. The number of hydrogen-bond acceptors (Lipinski definition) is 3. The van der Waals surface area contributed by atoms with E-state index in [9.17, 15) is 5.11 Å². The van der Waals surface area contributed by atoms with Crippen molar-refractivity contribution in [2.45, 2.75) is 39.9 Å². The second kappa shape index (κ2) is 8.31. The van der Waals surface area contributed by atoms with Crippen LogP contribution in [0.3, 0.4) is 0 Å². The zero-order chi connectivity index (χ0) is 14.3. The van der Waals surface area contributed by atoms with E-state index in [-0.39, 0.29) is 6.10 Å². The van der Waals surface area contributed by atoms with Crippen molar-refractivity contribution in [3.63, 3.8) is 0 Å². The first-order valence-electron chi connectivity index (χ1n) is 6.94. The number of aryl methyl sites for hydroxylation is 1. The SMILES string of the molecule is Cc1ccc(C(O)C(C)OCCOCC(C)C)cc1. The first-order chi connectivity index (χ1) is 9.00. The van der Waals surface area contributed by atoms with Gasteiger partial charge in [0.05, 0.1) is 19.3 Å². The van der Waals surface area contributed by atoms with Crippen LogP contribution in [-0.2, 0) is 9.47 Å². The zero-order valence-corrected chi connectivity index (χ0v) is 12.4. The van der Waals surface area contributed by atoms with E-state index in [4.69, 9.17) is 9.47 Å². The molecule has 0 spiro atoms. The summed E-state index contributed by atoms with van der Waals surface area (Å²) in [6.07, 6.45) is -0.823. The van der Waals surface area contributed by atoms with E-state index in [2.05, 4.69) is 13.8 Å². The minimum atomic E-state index is -0.592. The smallest absolute Gasteiger partial charge is 0.105 e. The van der Waals surface area contributed by atoms with E-state index in [1.165, 1.54) is 5.56 Å². The molecule has 0 heterocycles. The van der Waals surface area contributed by atoms with Gasteiger partial charge in [-0.3, -0.25) is 0 Å². The fourth-order valence-corrected chi connectivity index (χ4v) is 1.74. The molecule has 19 heavy (non-hydrogen) atoms. The number of aliphatic hydroxyl groups is 1. The van der Waals surface area contributed by atoms with Crippen molar-refractivity contribution in [3.8, 4) is 0 Å². The van der Waals surface area contributed by atoms with Crippen molar-refractivity contribution in [2.24, 2.45) is 5.92 Å². The van der Waals surface area contributed by atoms with Crippen LogP contribution in [0.15, 0.2) is 24.3 Å². The van der Waals surface area contributed by atoms with Gasteiger partial charge in [-0.2, -0.15) is 0 Å². The third-order valence-corrected chi connectivity index (χ3v) is 2.92. The molecule has 108 valence electrons. The highest BCUT2D eigenvalue weighted by molar-refractivity contribution is 5.23. The molecule has 3 heteroatoms. The molecule has 0 radical (unpaired) electrons. The van der Waals surface area contributed by atoms with Crippen LogP contribution < -0.4 is 0 Å². The number of aliphatic hydroxyl groups excluding tert-OH is 1. The Bertz CT molecular complexity index is 346. The van der Waals surface area contributed by atoms with Gasteiger partial charge in [-0.15, -0.1) is 0 Å². The topological polar surface area (TPSA) is 38.7 Å². The van der Waals surface area contributed by atoms with Gasteiger partial charge in [0.25, 0.3) is 0 Å². The van der Waals surface area contributed by atoms with E-state index in [0.717, 1.165) is 12.2 Å². The number of ether oxygens (including phenoxy) is 2. The first-order valence-corrected chi connectivity index (χ1v) is 6.94. The molecule has 0 saturated heterocycles. The van der Waals surface area contributed by atoms with E-state index in [1.54, 1.807) is 0 Å². The summed E-state index contributed by atoms with van der Waals surface area (Å²) in [6, 6.07) is 7.87. The monoisotopic (exact) mass is 266 g/mol. The highest BCUT2D eigenvalue weighted by Gasteiger charge is 2.16. The fraction of sp³-hybridized carbons (Fsp3) is 0.625. The lowest BCUT2D eigenvalue weighted by atomic mass is 10.0. The Hall–Kier alpha value is -0.900. The van der Waals surface area contributed by atoms with Gasteiger partial charge >= 0.3 is 0 Å². The summed E-state index contributed by atoms with van der Waals surface area (Å²) < 4.78 is 11.0. The Morgan fingerprint density at radius 3 is 2.26 bits per heavy atom. The lowest BCUT2D eigenvalue weighted by Crippen LogP contribution is -2.21. The maximum absolute atomic E-state index is 10.2. The molecule has 1 N–H and O–H groups in total. The average Bonchev–Trinajstić information content (AvgIpc) is 2.37. The molecular weight excluding hydrogens is 240 g/mol. The molecule has 0 aliphatic heterocycles. The zero-order valence-electron chi connectivity index (χ0n) is 12.4. The van der Waals surface area contributed by atoms with Crippen molar-refractivity contribution in [1.82, 2.24) is 0 Å². The van der Waals surface area contributed by atoms with Crippen LogP contribution in [0.2, 0.25) is 0 Å². The van der Waals surface area contributed by atoms with Gasteiger partial charge in [-0.05, 0) is 25.3 Å². The normalized spacial score (nSPS) is 14.6. The Labute approximate surface area is 116 Å². The molecule has 2 atom stereocenters. The lowest BCUT2D eigenvalue weighted by Gasteiger charge is -2.20. The fourth-order valence-electron chi connectivity index (χ4n) is 1.74. The number of benzene rings is 1. The Kier molecular flexibility index (Phi) is 7.06. The summed E-state index contributed by atoms with van der Waals surface area (Å²) in [5.74, 6) is 0.538. The van der Waals surface area contributed by atoms with Crippen LogP contribution in [0, 0.1) is 12.8 Å². The molecule has 0 aliphatic rings. The molecule has 0 amide bonds. The molecular formula is C16H26O3. The Morgan fingerprint density at radius 1 is 1.05 bits per heavy atom. The number of rotatable bonds is 8. The predicted molar refractivity (Wildman–Crippen MR) is 77.2 cm³/mol. The molecule has 0 saturated carbocycles. The summed E-state index contributed by atoms with van der Waals surface area (Å²) in [4.78, 5) is 0. The van der Waals surface area contributed by atoms with Crippen molar-refractivity contribution >= 4 is 0 Å². The van der Waals surface area contributed by atoms with Crippen LogP contribution in [0.1, 0.15) is 38.0 Å². The summed E-state index contributed by atoms with van der Waals surface area (Å²) in [7, 11) is 0. The first kappa shape index (κ1) is 16.2. The van der Waals surface area contributed by atoms with Gasteiger partial charge in [-0.25, -0.2) is 0 Å². The maximum atomic E-state index is 10.2. The van der Waals surface area contributed by atoms with Gasteiger partial charge < -0.3 is 14.6 Å². The summed E-state index contributed by atoms with van der Waals surface area (Å²) in [5, 5.41) is 10.2. The second-order valence-corrected chi connectivity index (χ2v) is 5.40. The van der Waals surface area contributed by atoms with Gasteiger partial charge in [-0.1, -0.05) is 43.7 Å². The molecule has 1 aromatic carbocycles. The molecule has 0 aliphatic carbocycles. The summed E-state index contributed by atoms with van der Waals surface area (Å²) >= 11 is 0. The highest BCUT2D eigenvalue weighted by atomic mass is 16.5. The van der Waals surface area contributed by atoms with Gasteiger partial charge in [0.1, 0.15) is 6.10 Å². The third kappa shape index (κ3) is 6.19. The number of hydrogen-bond donors (Lipinski definition) is 1. The van der Waals surface area contributed by atoms with E-state index < -0.39 is 6.10 Å². The predicted octanol–water partition coefficient (Wildman–Crippen LogP) is 3.11. The molecule has 3 nitrogen and oxygen atoms in total. The van der Waals surface area contributed by atoms with Gasteiger partial charge in [0.15, 0.2) is 0 Å². The lowest BCUT2D eigenvalue weighted by molar-refractivity contribution is -0.0503. The van der Waals surface area contributed by atoms with Crippen molar-refractivity contribution in [2.75, 3.05) is 19.8 Å². The minimum Gasteiger partial charge on any atom is -0.386 e. The average molecular weight is 266 g/mol. The van der Waals surface area contributed by atoms with E-state index in [1.807, 2.05) is 38.1 Å². The molecule has 0 bridgehead atoms. The minimum absolute atomic E-state index is 0.231. The van der Waals surface area contributed by atoms with Crippen molar-refractivity contribution < 1.29 is 14.6 Å². The summed E-state index contributed by atoms with van der Waals surface area (Å²) in [6.45, 7) is 9.97. The van der Waals surface area contributed by atoms with Crippen LogP contribution in [0.5, 0.6) is 0 Å². The molecule has 1 rings (SSSR count).